The standard InChI is InChI=1S/C8H8N8OS/c9-13-10-5-17-12-6-1-3-7(4-2-6)16-8(18)11-14-15-16/h1-5,9,12H,(H,11,15,18). The van der Waals surface area contributed by atoms with Gasteiger partial charge in [0.1, 0.15) is 0 Å². The number of anilines is 1. The van der Waals surface area contributed by atoms with Crippen LogP contribution < -0.4 is 5.48 Å². The number of aromatic amines is 1. The van der Waals surface area contributed by atoms with Crippen LogP contribution in [-0.2, 0) is 4.84 Å². The molecule has 1 aromatic carbocycles. The SMILES string of the molecule is N=NN=CONc1ccc(-n2[nH]nnc2=S)cc1. The third-order valence-corrected chi connectivity index (χ3v) is 2.20. The van der Waals surface area contributed by atoms with Gasteiger partial charge < -0.3 is 4.84 Å². The molecule has 0 unspecified atom stereocenters. The Labute approximate surface area is 106 Å². The van der Waals surface area contributed by atoms with Gasteiger partial charge >= 0.3 is 0 Å². The molecule has 0 spiro atoms. The van der Waals surface area contributed by atoms with Gasteiger partial charge in [0.05, 0.1) is 11.4 Å². The molecule has 0 fully saturated rings. The van der Waals surface area contributed by atoms with Crippen molar-refractivity contribution in [2.45, 2.75) is 0 Å². The Morgan fingerprint density at radius 2 is 2.22 bits per heavy atom. The Morgan fingerprint density at radius 1 is 1.44 bits per heavy atom. The molecule has 1 aromatic heterocycles. The second-order valence-corrected chi connectivity index (χ2v) is 3.37. The zero-order valence-electron chi connectivity index (χ0n) is 8.94. The number of hydrogen-bond acceptors (Lipinski definition) is 7. The number of tetrazole rings is 1. The largest absolute Gasteiger partial charge is 0.368 e. The number of nitrogens with one attached hydrogen (secondary N) is 3. The molecule has 0 saturated carbocycles. The van der Waals surface area contributed by atoms with Crippen molar-refractivity contribution >= 4 is 24.3 Å². The predicted molar refractivity (Wildman–Crippen MR) is 64.9 cm³/mol. The third-order valence-electron chi connectivity index (χ3n) is 1.93. The summed E-state index contributed by atoms with van der Waals surface area (Å²) in [5, 5.41) is 15.9. The first-order valence-electron chi connectivity index (χ1n) is 4.72. The summed E-state index contributed by atoms with van der Waals surface area (Å²) in [7, 11) is 0. The van der Waals surface area contributed by atoms with E-state index in [4.69, 9.17) is 22.6 Å². The molecule has 0 radical (unpaired) electrons. The Morgan fingerprint density at radius 3 is 2.83 bits per heavy atom. The van der Waals surface area contributed by atoms with E-state index >= 15 is 0 Å². The van der Waals surface area contributed by atoms with E-state index in [-0.39, 0.29) is 0 Å². The van der Waals surface area contributed by atoms with E-state index in [1.165, 1.54) is 0 Å². The molecule has 0 saturated heterocycles. The van der Waals surface area contributed by atoms with Gasteiger partial charge in [-0.3, -0.25) is 0 Å². The van der Waals surface area contributed by atoms with Crippen molar-refractivity contribution in [3.63, 3.8) is 0 Å². The lowest BCUT2D eigenvalue weighted by Gasteiger charge is -2.04. The zero-order valence-corrected chi connectivity index (χ0v) is 9.76. The van der Waals surface area contributed by atoms with Crippen molar-refractivity contribution in [3.05, 3.63) is 29.0 Å². The fourth-order valence-corrected chi connectivity index (χ4v) is 1.37. The molecule has 10 heteroatoms. The normalized spacial score (nSPS) is 10.4. The molecule has 1 heterocycles. The molecule has 0 amide bonds. The number of aromatic nitrogens is 4. The van der Waals surface area contributed by atoms with Gasteiger partial charge in [0.15, 0.2) is 0 Å². The second-order valence-electron chi connectivity index (χ2n) is 3.01. The fourth-order valence-electron chi connectivity index (χ4n) is 1.19. The number of H-pyrrole nitrogens is 1. The Bertz CT molecular complexity index is 600. The Hall–Kier alpha value is -2.62. The van der Waals surface area contributed by atoms with Gasteiger partial charge in [-0.1, -0.05) is 15.4 Å². The molecule has 0 aliphatic carbocycles. The monoisotopic (exact) mass is 264 g/mol. The summed E-state index contributed by atoms with van der Waals surface area (Å²) in [5.41, 5.74) is 10.5. The van der Waals surface area contributed by atoms with Crippen LogP contribution in [0.15, 0.2) is 34.6 Å². The molecule has 2 aromatic rings. The molecule has 0 bridgehead atoms. The van der Waals surface area contributed by atoms with Crippen molar-refractivity contribution < 1.29 is 4.84 Å². The third kappa shape index (κ3) is 2.74. The Balaban J connectivity index is 2.06. The van der Waals surface area contributed by atoms with Crippen LogP contribution in [0.4, 0.5) is 5.69 Å². The number of nitrogens with zero attached hydrogens (tertiary/aromatic N) is 5. The van der Waals surface area contributed by atoms with Crippen LogP contribution in [0.2, 0.25) is 0 Å². The lowest BCUT2D eigenvalue weighted by molar-refractivity contribution is 0.410. The molecule has 0 atom stereocenters. The molecule has 0 aliphatic rings. The summed E-state index contributed by atoms with van der Waals surface area (Å²) in [6.07, 6.45) is 1.01. The average Bonchev–Trinajstić information content (AvgIpc) is 2.82. The lowest BCUT2D eigenvalue weighted by atomic mass is 10.3. The average molecular weight is 264 g/mol. The number of rotatable bonds is 5. The van der Waals surface area contributed by atoms with Gasteiger partial charge in [-0.2, -0.15) is 10.7 Å². The molecule has 0 aliphatic heterocycles. The minimum Gasteiger partial charge on any atom is -0.368 e. The van der Waals surface area contributed by atoms with Gasteiger partial charge in [-0.15, -0.1) is 0 Å². The van der Waals surface area contributed by atoms with Crippen molar-refractivity contribution in [2.24, 2.45) is 10.3 Å². The topological polar surface area (TPSA) is 116 Å². The van der Waals surface area contributed by atoms with E-state index in [1.807, 2.05) is 0 Å². The van der Waals surface area contributed by atoms with E-state index in [2.05, 4.69) is 31.3 Å². The van der Waals surface area contributed by atoms with Crippen LogP contribution >= 0.6 is 12.2 Å². The minimum atomic E-state index is 0.344. The van der Waals surface area contributed by atoms with Crippen molar-refractivity contribution in [2.75, 3.05) is 5.48 Å². The molecular weight excluding hydrogens is 256 g/mol. The first-order chi connectivity index (χ1) is 8.81. The summed E-state index contributed by atoms with van der Waals surface area (Å²) in [6, 6.07) is 7.13. The maximum absolute atomic E-state index is 6.41. The fraction of sp³-hybridized carbons (Fsp3) is 0. The smallest absolute Gasteiger partial charge is 0.242 e. The summed E-state index contributed by atoms with van der Waals surface area (Å²) in [6.45, 7) is 0. The van der Waals surface area contributed by atoms with Crippen LogP contribution in [0.1, 0.15) is 0 Å². The molecule has 92 valence electrons. The second kappa shape index (κ2) is 5.63. The van der Waals surface area contributed by atoms with Crippen LogP contribution in [0.3, 0.4) is 0 Å². The first kappa shape index (κ1) is 11.9. The van der Waals surface area contributed by atoms with Crippen molar-refractivity contribution in [3.8, 4) is 5.69 Å². The van der Waals surface area contributed by atoms with Gasteiger partial charge in [-0.05, 0) is 41.7 Å². The first-order valence-corrected chi connectivity index (χ1v) is 5.12. The quantitative estimate of drug-likeness (QED) is 0.249. The van der Waals surface area contributed by atoms with Crippen molar-refractivity contribution in [1.29, 1.82) is 5.53 Å². The number of hydrogen-bond donors (Lipinski definition) is 3. The molecule has 18 heavy (non-hydrogen) atoms. The zero-order chi connectivity index (χ0) is 12.8. The highest BCUT2D eigenvalue weighted by Gasteiger charge is 1.99. The molecule has 3 N–H and O–H groups in total. The highest BCUT2D eigenvalue weighted by atomic mass is 32.1. The summed E-state index contributed by atoms with van der Waals surface area (Å²) >= 11 is 4.97. The van der Waals surface area contributed by atoms with E-state index in [1.54, 1.807) is 28.9 Å². The summed E-state index contributed by atoms with van der Waals surface area (Å²) in [4.78, 5) is 4.80. The lowest BCUT2D eigenvalue weighted by Crippen LogP contribution is -2.00. The van der Waals surface area contributed by atoms with Crippen LogP contribution in [0, 0.1) is 10.3 Å². The highest BCUT2D eigenvalue weighted by Crippen LogP contribution is 2.12. The maximum atomic E-state index is 6.41. The van der Waals surface area contributed by atoms with Gasteiger partial charge in [0.2, 0.25) is 11.2 Å². The summed E-state index contributed by atoms with van der Waals surface area (Å²) < 4.78 is 1.90. The Kier molecular flexibility index (Phi) is 3.71. The van der Waals surface area contributed by atoms with Gasteiger partial charge in [0.25, 0.3) is 0 Å². The van der Waals surface area contributed by atoms with E-state index < -0.39 is 0 Å². The van der Waals surface area contributed by atoms with Gasteiger partial charge in [-0.25, -0.2) is 10.2 Å². The van der Waals surface area contributed by atoms with E-state index in [9.17, 15) is 0 Å². The maximum Gasteiger partial charge on any atom is 0.242 e. The van der Waals surface area contributed by atoms with Crippen LogP contribution in [0.25, 0.3) is 5.69 Å². The molecule has 2 rings (SSSR count). The van der Waals surface area contributed by atoms with E-state index in [0.717, 1.165) is 12.1 Å². The molecule has 9 nitrogen and oxygen atoms in total. The summed E-state index contributed by atoms with van der Waals surface area (Å²) in [5.74, 6) is 0. The number of benzene rings is 1. The molecular formula is C8H8N8OS. The van der Waals surface area contributed by atoms with E-state index in [0.29, 0.717) is 10.5 Å². The highest BCUT2D eigenvalue weighted by molar-refractivity contribution is 7.71. The van der Waals surface area contributed by atoms with Gasteiger partial charge in [0, 0.05) is 0 Å². The predicted octanol–water partition coefficient (Wildman–Crippen LogP) is 1.64. The van der Waals surface area contributed by atoms with Crippen molar-refractivity contribution in [1.82, 2.24) is 20.2 Å². The van der Waals surface area contributed by atoms with Crippen LogP contribution in [-0.4, -0.2) is 26.6 Å². The minimum absolute atomic E-state index is 0.344. The van der Waals surface area contributed by atoms with Crippen LogP contribution in [0.5, 0.6) is 0 Å².